The number of rotatable bonds is 3. The minimum absolute atomic E-state index is 0.132. The maximum atomic E-state index is 13.8. The van der Waals surface area contributed by atoms with Crippen molar-refractivity contribution < 1.29 is 9.18 Å². The van der Waals surface area contributed by atoms with Gasteiger partial charge in [0, 0.05) is 12.4 Å². The summed E-state index contributed by atoms with van der Waals surface area (Å²) in [5, 5.41) is 2.78. The fourth-order valence-corrected chi connectivity index (χ4v) is 2.44. The number of nitrogens with zero attached hydrogens (tertiary/aromatic N) is 2. The molecule has 2 aromatic heterocycles. The van der Waals surface area contributed by atoms with Crippen LogP contribution >= 0.6 is 11.6 Å². The van der Waals surface area contributed by atoms with Gasteiger partial charge in [0.05, 0.1) is 22.8 Å². The van der Waals surface area contributed by atoms with E-state index in [0.717, 1.165) is 5.65 Å². The molecule has 0 radical (unpaired) electrons. The molecule has 4 nitrogen and oxygen atoms in total. The van der Waals surface area contributed by atoms with Gasteiger partial charge in [-0.25, -0.2) is 9.37 Å². The summed E-state index contributed by atoms with van der Waals surface area (Å²) in [7, 11) is 0. The van der Waals surface area contributed by atoms with E-state index in [1.807, 2.05) is 35.0 Å². The van der Waals surface area contributed by atoms with Crippen LogP contribution in [-0.2, 0) is 6.54 Å². The van der Waals surface area contributed by atoms with Gasteiger partial charge in [0.1, 0.15) is 11.5 Å². The van der Waals surface area contributed by atoms with Gasteiger partial charge in [-0.3, -0.25) is 4.79 Å². The predicted octanol–water partition coefficient (Wildman–Crippen LogP) is 3.37. The summed E-state index contributed by atoms with van der Waals surface area (Å²) >= 11 is 6.02. The maximum absolute atomic E-state index is 13.8. The van der Waals surface area contributed by atoms with Crippen molar-refractivity contribution in [2.24, 2.45) is 0 Å². The third-order valence-corrected chi connectivity index (χ3v) is 3.84. The topological polar surface area (TPSA) is 46.4 Å². The molecule has 0 saturated carbocycles. The molecule has 1 amide bonds. The fraction of sp³-hybridized carbons (Fsp3) is 0.125. The van der Waals surface area contributed by atoms with Crippen LogP contribution in [0.2, 0.25) is 5.02 Å². The molecule has 3 rings (SSSR count). The molecule has 1 N–H and O–H groups in total. The van der Waals surface area contributed by atoms with Crippen molar-refractivity contribution >= 4 is 23.2 Å². The summed E-state index contributed by atoms with van der Waals surface area (Å²) in [6.07, 6.45) is 3.68. The van der Waals surface area contributed by atoms with E-state index in [-0.39, 0.29) is 17.1 Å². The van der Waals surface area contributed by atoms with Gasteiger partial charge >= 0.3 is 0 Å². The van der Waals surface area contributed by atoms with Crippen LogP contribution < -0.4 is 5.32 Å². The smallest absolute Gasteiger partial charge is 0.256 e. The Morgan fingerprint density at radius 3 is 2.95 bits per heavy atom. The largest absolute Gasteiger partial charge is 0.346 e. The Hall–Kier alpha value is -2.40. The van der Waals surface area contributed by atoms with Gasteiger partial charge < -0.3 is 9.72 Å². The van der Waals surface area contributed by atoms with Crippen molar-refractivity contribution in [2.75, 3.05) is 0 Å². The molecule has 0 saturated heterocycles. The lowest BCUT2D eigenvalue weighted by molar-refractivity contribution is 0.0946. The number of carbonyl (C=O) groups excluding carboxylic acids is 1. The molecule has 0 aliphatic heterocycles. The zero-order valence-electron chi connectivity index (χ0n) is 11.8. The average molecular weight is 318 g/mol. The summed E-state index contributed by atoms with van der Waals surface area (Å²) in [6.45, 7) is 1.92. The Bertz CT molecular complexity index is 827. The van der Waals surface area contributed by atoms with E-state index >= 15 is 0 Å². The second-order valence-electron chi connectivity index (χ2n) is 4.93. The average Bonchev–Trinajstić information content (AvgIpc) is 2.92. The zero-order chi connectivity index (χ0) is 15.7. The third kappa shape index (κ3) is 2.67. The summed E-state index contributed by atoms with van der Waals surface area (Å²) in [5.74, 6) is -1.19. The first kappa shape index (κ1) is 14.5. The quantitative estimate of drug-likeness (QED) is 0.805. The van der Waals surface area contributed by atoms with Crippen molar-refractivity contribution in [3.05, 3.63) is 70.4 Å². The van der Waals surface area contributed by atoms with Crippen LogP contribution in [0.3, 0.4) is 0 Å². The lowest BCUT2D eigenvalue weighted by Crippen LogP contribution is -2.24. The third-order valence-electron chi connectivity index (χ3n) is 3.36. The minimum atomic E-state index is -0.636. The number of fused-ring (bicyclic) bond motifs is 1. The van der Waals surface area contributed by atoms with Crippen LogP contribution in [0.1, 0.15) is 21.6 Å². The molecule has 22 heavy (non-hydrogen) atoms. The first-order valence-corrected chi connectivity index (χ1v) is 7.09. The second-order valence-corrected chi connectivity index (χ2v) is 5.31. The lowest BCUT2D eigenvalue weighted by Gasteiger charge is -2.08. The molecule has 2 heterocycles. The van der Waals surface area contributed by atoms with Gasteiger partial charge in [0.25, 0.3) is 5.91 Å². The molecule has 112 valence electrons. The van der Waals surface area contributed by atoms with Crippen LogP contribution in [0.4, 0.5) is 4.39 Å². The van der Waals surface area contributed by atoms with E-state index in [1.165, 1.54) is 12.1 Å². The summed E-state index contributed by atoms with van der Waals surface area (Å²) in [6, 6.07) is 8.41. The monoisotopic (exact) mass is 317 g/mol. The highest BCUT2D eigenvalue weighted by atomic mass is 35.5. The van der Waals surface area contributed by atoms with Crippen LogP contribution in [0.5, 0.6) is 0 Å². The van der Waals surface area contributed by atoms with Crippen molar-refractivity contribution in [1.29, 1.82) is 0 Å². The molecular weight excluding hydrogens is 305 g/mol. The maximum Gasteiger partial charge on any atom is 0.256 e. The Balaban J connectivity index is 1.79. The standard InChI is InChI=1S/C16H13ClFN3O/c1-10-5-6-12(18)14(15(10)17)16(22)19-8-11-9-21-7-3-2-4-13(21)20-11/h2-7,9H,8H2,1H3,(H,19,22). The van der Waals surface area contributed by atoms with E-state index in [2.05, 4.69) is 10.3 Å². The SMILES string of the molecule is Cc1ccc(F)c(C(=O)NCc2cn3ccccc3n2)c1Cl. The van der Waals surface area contributed by atoms with Crippen molar-refractivity contribution in [1.82, 2.24) is 14.7 Å². The first-order valence-electron chi connectivity index (χ1n) is 6.71. The molecule has 0 spiro atoms. The zero-order valence-corrected chi connectivity index (χ0v) is 12.6. The number of pyridine rings is 1. The van der Waals surface area contributed by atoms with Gasteiger partial charge in [-0.2, -0.15) is 0 Å². The number of hydrogen-bond acceptors (Lipinski definition) is 2. The second kappa shape index (κ2) is 5.77. The van der Waals surface area contributed by atoms with Crippen LogP contribution in [0.15, 0.2) is 42.7 Å². The molecule has 0 aliphatic carbocycles. The highest BCUT2D eigenvalue weighted by molar-refractivity contribution is 6.34. The highest BCUT2D eigenvalue weighted by Crippen LogP contribution is 2.23. The molecule has 0 bridgehead atoms. The van der Waals surface area contributed by atoms with Crippen LogP contribution in [0, 0.1) is 12.7 Å². The molecule has 1 aromatic carbocycles. The van der Waals surface area contributed by atoms with Gasteiger partial charge in [-0.05, 0) is 30.7 Å². The number of halogens is 2. The van der Waals surface area contributed by atoms with Gasteiger partial charge in [-0.1, -0.05) is 23.7 Å². The number of carbonyl (C=O) groups is 1. The molecule has 0 aliphatic rings. The lowest BCUT2D eigenvalue weighted by atomic mass is 10.1. The van der Waals surface area contributed by atoms with E-state index < -0.39 is 11.7 Å². The van der Waals surface area contributed by atoms with Gasteiger partial charge in [0.15, 0.2) is 0 Å². The molecule has 6 heteroatoms. The van der Waals surface area contributed by atoms with Gasteiger partial charge in [0.2, 0.25) is 0 Å². The minimum Gasteiger partial charge on any atom is -0.346 e. The number of nitrogens with one attached hydrogen (secondary N) is 1. The van der Waals surface area contributed by atoms with Crippen LogP contribution in [0.25, 0.3) is 5.65 Å². The summed E-state index contributed by atoms with van der Waals surface area (Å²) < 4.78 is 15.7. The number of amides is 1. The van der Waals surface area contributed by atoms with Crippen molar-refractivity contribution in [3.8, 4) is 0 Å². The first-order chi connectivity index (χ1) is 10.6. The van der Waals surface area contributed by atoms with E-state index in [9.17, 15) is 9.18 Å². The summed E-state index contributed by atoms with van der Waals surface area (Å²) in [4.78, 5) is 16.5. The van der Waals surface area contributed by atoms with E-state index in [1.54, 1.807) is 6.92 Å². The van der Waals surface area contributed by atoms with Crippen LogP contribution in [-0.4, -0.2) is 15.3 Å². The fourth-order valence-electron chi connectivity index (χ4n) is 2.20. The Morgan fingerprint density at radius 2 is 2.18 bits per heavy atom. The predicted molar refractivity (Wildman–Crippen MR) is 82.5 cm³/mol. The van der Waals surface area contributed by atoms with E-state index in [0.29, 0.717) is 11.3 Å². The number of benzene rings is 1. The number of hydrogen-bond donors (Lipinski definition) is 1. The normalized spacial score (nSPS) is 10.9. The number of aromatic nitrogens is 2. The number of imidazole rings is 1. The molecule has 0 unspecified atom stereocenters. The highest BCUT2D eigenvalue weighted by Gasteiger charge is 2.17. The van der Waals surface area contributed by atoms with Crippen molar-refractivity contribution in [3.63, 3.8) is 0 Å². The molecular formula is C16H13ClFN3O. The molecule has 0 fully saturated rings. The Morgan fingerprint density at radius 1 is 1.36 bits per heavy atom. The Labute approximate surface area is 131 Å². The van der Waals surface area contributed by atoms with Crippen molar-refractivity contribution in [2.45, 2.75) is 13.5 Å². The molecule has 3 aromatic rings. The summed E-state index contributed by atoms with van der Waals surface area (Å²) in [5.41, 5.74) is 1.99. The Kier molecular flexibility index (Phi) is 3.81. The number of aryl methyl sites for hydroxylation is 1. The van der Waals surface area contributed by atoms with Gasteiger partial charge in [-0.15, -0.1) is 0 Å². The van der Waals surface area contributed by atoms with E-state index in [4.69, 9.17) is 11.6 Å². The molecule has 0 atom stereocenters.